The third-order valence-corrected chi connectivity index (χ3v) is 14.4. The van der Waals surface area contributed by atoms with E-state index < -0.39 is 30.9 Å². The second kappa shape index (κ2) is 10.6. The minimum Gasteiger partial charge on any atom is -0.497 e. The SMILES string of the molecule is COc1ccc2c(c1)C1CC1(S(=O)(=O)N1CCCC1)Cn1c-2c(C2CCCCC2)c2ccc(C(=O)NS(=O)(=O)N(C)C)cc21. The van der Waals surface area contributed by atoms with Gasteiger partial charge in [-0.3, -0.25) is 4.79 Å². The van der Waals surface area contributed by atoms with Gasteiger partial charge in [-0.15, -0.1) is 0 Å². The molecule has 1 saturated heterocycles. The van der Waals surface area contributed by atoms with Crippen LogP contribution in [0.1, 0.15) is 84.7 Å². The lowest BCUT2D eigenvalue weighted by molar-refractivity contribution is 0.0979. The van der Waals surface area contributed by atoms with Crippen LogP contribution in [0, 0.1) is 0 Å². The summed E-state index contributed by atoms with van der Waals surface area (Å²) >= 11 is 0. The van der Waals surface area contributed by atoms with Crippen molar-refractivity contribution < 1.29 is 26.4 Å². The Morgan fingerprint density at radius 3 is 2.39 bits per heavy atom. The molecule has 3 heterocycles. The number of hydrogen-bond donors (Lipinski definition) is 1. The van der Waals surface area contributed by atoms with E-state index in [1.165, 1.54) is 26.1 Å². The Hall–Kier alpha value is -2.93. The van der Waals surface area contributed by atoms with Crippen molar-refractivity contribution in [3.63, 3.8) is 0 Å². The van der Waals surface area contributed by atoms with E-state index in [4.69, 9.17) is 4.74 Å². The van der Waals surface area contributed by atoms with Gasteiger partial charge in [0.05, 0.1) is 12.8 Å². The van der Waals surface area contributed by atoms with Gasteiger partial charge in [0.2, 0.25) is 10.0 Å². The molecule has 4 aliphatic rings. The van der Waals surface area contributed by atoms with Gasteiger partial charge >= 0.3 is 10.2 Å². The summed E-state index contributed by atoms with van der Waals surface area (Å²) in [6, 6.07) is 11.4. The summed E-state index contributed by atoms with van der Waals surface area (Å²) in [7, 11) is -3.29. The Labute approximate surface area is 259 Å². The van der Waals surface area contributed by atoms with Crippen molar-refractivity contribution in [1.29, 1.82) is 0 Å². The van der Waals surface area contributed by atoms with Crippen LogP contribution in [0.15, 0.2) is 36.4 Å². The van der Waals surface area contributed by atoms with Crippen LogP contribution in [0.4, 0.5) is 0 Å². The van der Waals surface area contributed by atoms with Crippen LogP contribution in [0.25, 0.3) is 22.2 Å². The number of rotatable bonds is 7. The Balaban J connectivity index is 1.48. The molecule has 2 saturated carbocycles. The van der Waals surface area contributed by atoms with Crippen LogP contribution in [-0.2, 0) is 26.8 Å². The van der Waals surface area contributed by atoms with E-state index in [-0.39, 0.29) is 18.0 Å². The van der Waals surface area contributed by atoms with Gasteiger partial charge in [-0.1, -0.05) is 25.3 Å². The highest BCUT2D eigenvalue weighted by Gasteiger charge is 2.67. The molecule has 12 heteroatoms. The minimum atomic E-state index is -3.99. The number of nitrogens with one attached hydrogen (secondary N) is 1. The molecule has 44 heavy (non-hydrogen) atoms. The van der Waals surface area contributed by atoms with Gasteiger partial charge in [-0.05, 0) is 79.5 Å². The number of ether oxygens (including phenoxy) is 1. The molecule has 1 aromatic heterocycles. The average molecular weight is 641 g/mol. The molecule has 2 aromatic carbocycles. The predicted molar refractivity (Wildman–Crippen MR) is 170 cm³/mol. The first kappa shape index (κ1) is 29.8. The lowest BCUT2D eigenvalue weighted by Crippen LogP contribution is -2.41. The number of methoxy groups -OCH3 is 1. The Morgan fingerprint density at radius 1 is 0.977 bits per heavy atom. The molecule has 236 valence electrons. The highest BCUT2D eigenvalue weighted by molar-refractivity contribution is 7.91. The molecule has 2 atom stereocenters. The van der Waals surface area contributed by atoms with Gasteiger partial charge < -0.3 is 9.30 Å². The lowest BCUT2D eigenvalue weighted by atomic mass is 9.81. The fourth-order valence-corrected chi connectivity index (χ4v) is 10.8. The smallest absolute Gasteiger partial charge is 0.303 e. The van der Waals surface area contributed by atoms with Crippen molar-refractivity contribution in [2.75, 3.05) is 34.3 Å². The molecule has 0 spiro atoms. The van der Waals surface area contributed by atoms with Gasteiger partial charge in [0, 0.05) is 61.7 Å². The second-order valence-electron chi connectivity index (χ2n) is 13.0. The molecule has 2 aliphatic carbocycles. The summed E-state index contributed by atoms with van der Waals surface area (Å²) < 4.78 is 65.5. The molecule has 1 N–H and O–H groups in total. The largest absolute Gasteiger partial charge is 0.497 e. The lowest BCUT2D eigenvalue weighted by Gasteiger charge is -2.26. The molecule has 3 aromatic rings. The quantitative estimate of drug-likeness (QED) is 0.405. The van der Waals surface area contributed by atoms with Crippen molar-refractivity contribution in [3.05, 3.63) is 53.1 Å². The van der Waals surface area contributed by atoms with E-state index in [0.717, 1.165) is 70.6 Å². The Morgan fingerprint density at radius 2 is 1.70 bits per heavy atom. The van der Waals surface area contributed by atoms with Crippen LogP contribution in [-0.4, -0.2) is 75.0 Å². The maximum absolute atomic E-state index is 14.5. The van der Waals surface area contributed by atoms with E-state index >= 15 is 0 Å². The van der Waals surface area contributed by atoms with Crippen molar-refractivity contribution in [2.45, 2.75) is 74.5 Å². The van der Waals surface area contributed by atoms with Crippen LogP contribution in [0.2, 0.25) is 0 Å². The highest BCUT2D eigenvalue weighted by Crippen LogP contribution is 2.64. The zero-order valence-corrected chi connectivity index (χ0v) is 27.1. The van der Waals surface area contributed by atoms with E-state index in [1.54, 1.807) is 23.5 Å². The number of fused-ring (bicyclic) bond motifs is 7. The van der Waals surface area contributed by atoms with Gasteiger partial charge in [0.15, 0.2) is 0 Å². The van der Waals surface area contributed by atoms with Crippen LogP contribution in [0.3, 0.4) is 0 Å². The van der Waals surface area contributed by atoms with E-state index in [9.17, 15) is 21.6 Å². The van der Waals surface area contributed by atoms with Crippen LogP contribution >= 0.6 is 0 Å². The summed E-state index contributed by atoms with van der Waals surface area (Å²) in [6.45, 7) is 1.35. The fourth-order valence-electron chi connectivity index (χ4n) is 7.89. The number of sulfonamides is 1. The third-order valence-electron chi connectivity index (χ3n) is 10.3. The molecule has 0 bridgehead atoms. The van der Waals surface area contributed by atoms with E-state index in [0.29, 0.717) is 31.2 Å². The van der Waals surface area contributed by atoms with Crippen LogP contribution in [0.5, 0.6) is 5.75 Å². The second-order valence-corrected chi connectivity index (χ2v) is 17.2. The normalized spacial score (nSPS) is 24.0. The van der Waals surface area contributed by atoms with E-state index in [1.807, 2.05) is 18.2 Å². The number of benzene rings is 2. The molecular formula is C32H40N4O6S2. The summed E-state index contributed by atoms with van der Waals surface area (Å²) in [6.07, 6.45) is 7.79. The molecule has 7 rings (SSSR count). The topological polar surface area (TPSA) is 118 Å². The molecular weight excluding hydrogens is 601 g/mol. The van der Waals surface area contributed by atoms with Crippen molar-refractivity contribution in [2.24, 2.45) is 0 Å². The van der Waals surface area contributed by atoms with Gasteiger partial charge in [0.25, 0.3) is 5.91 Å². The third kappa shape index (κ3) is 4.51. The summed E-state index contributed by atoms with van der Waals surface area (Å²) in [5.74, 6) is 0.0988. The standard InChI is InChI=1S/C32H40N4O6S2/c1-34(2)44(40,41)33-31(37)22-11-13-25-28(17-22)36-20-32(43(38,39)35-15-7-8-16-35)19-27(32)26-18-23(42-3)12-14-24(26)30(36)29(25)21-9-5-4-6-10-21/h11-14,17-18,21,27H,4-10,15-16,19-20H2,1-3H3,(H,33,37). The first-order chi connectivity index (χ1) is 21.0. The Bertz CT molecular complexity index is 1870. The van der Waals surface area contributed by atoms with Gasteiger partial charge in [-0.25, -0.2) is 17.4 Å². The summed E-state index contributed by atoms with van der Waals surface area (Å²) in [4.78, 5) is 13.2. The number of carbonyl (C=O) groups excluding carboxylic acids is 1. The number of nitrogens with zero attached hydrogens (tertiary/aromatic N) is 3. The zero-order valence-electron chi connectivity index (χ0n) is 25.5. The Kier molecular flexibility index (Phi) is 7.15. The number of hydrogen-bond acceptors (Lipinski definition) is 6. The molecule has 2 aliphatic heterocycles. The molecule has 10 nitrogen and oxygen atoms in total. The van der Waals surface area contributed by atoms with Crippen molar-refractivity contribution in [3.8, 4) is 17.0 Å². The summed E-state index contributed by atoms with van der Waals surface area (Å²) in [5, 5.41) is 0.994. The molecule has 3 fully saturated rings. The molecule has 0 radical (unpaired) electrons. The molecule has 2 unspecified atom stereocenters. The summed E-state index contributed by atoms with van der Waals surface area (Å²) in [5.41, 5.74) is 5.22. The van der Waals surface area contributed by atoms with Crippen molar-refractivity contribution >= 4 is 37.0 Å². The highest BCUT2D eigenvalue weighted by atomic mass is 32.2. The van der Waals surface area contributed by atoms with Crippen LogP contribution < -0.4 is 9.46 Å². The first-order valence-corrected chi connectivity index (χ1v) is 18.5. The maximum atomic E-state index is 14.5. The fraction of sp³-hybridized carbons (Fsp3) is 0.531. The van der Waals surface area contributed by atoms with Crippen molar-refractivity contribution in [1.82, 2.24) is 17.9 Å². The molecule has 1 amide bonds. The predicted octanol–water partition coefficient (Wildman–Crippen LogP) is 4.57. The first-order valence-electron chi connectivity index (χ1n) is 15.6. The van der Waals surface area contributed by atoms with E-state index in [2.05, 4.69) is 15.4 Å². The minimum absolute atomic E-state index is 0.177. The maximum Gasteiger partial charge on any atom is 0.303 e. The zero-order chi connectivity index (χ0) is 31.0. The average Bonchev–Trinajstić information content (AvgIpc) is 3.36. The monoisotopic (exact) mass is 640 g/mol. The van der Waals surface area contributed by atoms with Gasteiger partial charge in [0.1, 0.15) is 10.5 Å². The number of amides is 1. The van der Waals surface area contributed by atoms with Gasteiger partial charge in [-0.2, -0.15) is 12.7 Å². The number of aromatic nitrogens is 1. The number of carbonyl (C=O) groups is 1.